The summed E-state index contributed by atoms with van der Waals surface area (Å²) in [6.45, 7) is 3.06. The van der Waals surface area contributed by atoms with Crippen LogP contribution in [0, 0.1) is 5.41 Å². The molecule has 0 atom stereocenters. The van der Waals surface area contributed by atoms with Crippen LogP contribution in [0.2, 0.25) is 5.02 Å². The molecule has 0 unspecified atom stereocenters. The predicted octanol–water partition coefficient (Wildman–Crippen LogP) is 3.93. The molecule has 0 radical (unpaired) electrons. The van der Waals surface area contributed by atoms with Crippen LogP contribution in [0.3, 0.4) is 0 Å². The molecular formula is C12H13ClF2O2. The van der Waals surface area contributed by atoms with Gasteiger partial charge in [0.1, 0.15) is 0 Å². The zero-order valence-corrected chi connectivity index (χ0v) is 10.3. The van der Waals surface area contributed by atoms with E-state index in [1.807, 2.05) is 0 Å². The van der Waals surface area contributed by atoms with Gasteiger partial charge in [-0.1, -0.05) is 17.7 Å². The van der Waals surface area contributed by atoms with Crippen molar-refractivity contribution < 1.29 is 18.7 Å². The molecule has 0 aliphatic heterocycles. The minimum Gasteiger partial charge on any atom is -0.481 e. The molecule has 0 spiro atoms. The Morgan fingerprint density at radius 1 is 1.47 bits per heavy atom. The second-order valence-corrected chi connectivity index (χ2v) is 4.92. The van der Waals surface area contributed by atoms with Crippen molar-refractivity contribution in [3.8, 4) is 0 Å². The van der Waals surface area contributed by atoms with Gasteiger partial charge in [0.2, 0.25) is 0 Å². The van der Waals surface area contributed by atoms with E-state index < -0.39 is 17.8 Å². The van der Waals surface area contributed by atoms with Crippen LogP contribution in [0.15, 0.2) is 18.2 Å². The summed E-state index contributed by atoms with van der Waals surface area (Å²) < 4.78 is 25.0. The minimum absolute atomic E-state index is 0.113. The molecule has 0 aromatic heterocycles. The fraction of sp³-hybridized carbons (Fsp3) is 0.417. The first-order chi connectivity index (χ1) is 7.74. The van der Waals surface area contributed by atoms with E-state index in [2.05, 4.69) is 0 Å². The van der Waals surface area contributed by atoms with Crippen molar-refractivity contribution in [2.45, 2.75) is 26.7 Å². The predicted molar refractivity (Wildman–Crippen MR) is 61.5 cm³/mol. The lowest BCUT2D eigenvalue weighted by atomic mass is 9.85. The lowest BCUT2D eigenvalue weighted by Gasteiger charge is -2.20. The maximum Gasteiger partial charge on any atom is 0.309 e. The highest BCUT2D eigenvalue weighted by molar-refractivity contribution is 6.31. The number of hydrogen-bond acceptors (Lipinski definition) is 1. The number of halogens is 3. The highest BCUT2D eigenvalue weighted by Crippen LogP contribution is 2.30. The van der Waals surface area contributed by atoms with Gasteiger partial charge in [-0.2, -0.15) is 0 Å². The zero-order chi connectivity index (χ0) is 13.2. The Morgan fingerprint density at radius 3 is 2.53 bits per heavy atom. The van der Waals surface area contributed by atoms with Gasteiger partial charge < -0.3 is 5.11 Å². The fourth-order valence-corrected chi connectivity index (χ4v) is 1.60. The normalized spacial score (nSPS) is 11.9. The molecule has 1 N–H and O–H groups in total. The monoisotopic (exact) mass is 262 g/mol. The number of carboxylic acids is 1. The maximum absolute atomic E-state index is 12.5. The van der Waals surface area contributed by atoms with Crippen molar-refractivity contribution in [1.82, 2.24) is 0 Å². The molecule has 1 rings (SSSR count). The largest absolute Gasteiger partial charge is 0.481 e. The van der Waals surface area contributed by atoms with Gasteiger partial charge in [-0.15, -0.1) is 0 Å². The van der Waals surface area contributed by atoms with Crippen LogP contribution in [-0.2, 0) is 11.2 Å². The van der Waals surface area contributed by atoms with Crippen LogP contribution < -0.4 is 0 Å². The van der Waals surface area contributed by atoms with Gasteiger partial charge in [-0.05, 0) is 38.0 Å². The first kappa shape index (κ1) is 13.9. The molecule has 2 nitrogen and oxygen atoms in total. The van der Waals surface area contributed by atoms with Crippen LogP contribution in [0.25, 0.3) is 0 Å². The van der Waals surface area contributed by atoms with E-state index in [0.717, 1.165) is 0 Å². The van der Waals surface area contributed by atoms with Crippen LogP contribution in [0.1, 0.15) is 31.4 Å². The molecule has 0 saturated heterocycles. The molecule has 0 aliphatic carbocycles. The lowest BCUT2D eigenvalue weighted by Crippen LogP contribution is -2.26. The minimum atomic E-state index is -2.58. The molecule has 5 heteroatoms. The Labute approximate surface area is 103 Å². The number of rotatable bonds is 4. The molecule has 94 valence electrons. The second-order valence-electron chi connectivity index (χ2n) is 4.52. The van der Waals surface area contributed by atoms with Gasteiger partial charge in [0.05, 0.1) is 5.41 Å². The summed E-state index contributed by atoms with van der Waals surface area (Å²) in [4.78, 5) is 11.0. The Kier molecular flexibility index (Phi) is 4.09. The fourth-order valence-electron chi connectivity index (χ4n) is 1.42. The van der Waals surface area contributed by atoms with Gasteiger partial charge in [0.15, 0.2) is 0 Å². The highest BCUT2D eigenvalue weighted by atomic mass is 35.5. The van der Waals surface area contributed by atoms with Crippen molar-refractivity contribution >= 4 is 17.6 Å². The summed E-state index contributed by atoms with van der Waals surface area (Å²) in [6.07, 6.45) is -2.47. The number of hydrogen-bond donors (Lipinski definition) is 1. The molecular weight excluding hydrogens is 250 g/mol. The van der Waals surface area contributed by atoms with Crippen molar-refractivity contribution in [3.63, 3.8) is 0 Å². The highest BCUT2D eigenvalue weighted by Gasteiger charge is 2.28. The van der Waals surface area contributed by atoms with E-state index in [1.165, 1.54) is 32.0 Å². The van der Waals surface area contributed by atoms with E-state index in [1.54, 1.807) is 0 Å². The Bertz CT molecular complexity index is 431. The Morgan fingerprint density at radius 2 is 2.06 bits per heavy atom. The summed E-state index contributed by atoms with van der Waals surface area (Å²) in [6, 6.07) is 3.87. The molecule has 17 heavy (non-hydrogen) atoms. The number of alkyl halides is 2. The average Bonchev–Trinajstić information content (AvgIpc) is 2.20. The third-order valence-electron chi connectivity index (χ3n) is 2.53. The Hall–Kier alpha value is -1.16. The third-order valence-corrected chi connectivity index (χ3v) is 2.90. The Balaban J connectivity index is 3.05. The summed E-state index contributed by atoms with van der Waals surface area (Å²) in [5.41, 5.74) is -0.757. The molecule has 0 heterocycles. The van der Waals surface area contributed by atoms with Crippen LogP contribution in [0.5, 0.6) is 0 Å². The van der Waals surface area contributed by atoms with Gasteiger partial charge in [0.25, 0.3) is 6.43 Å². The third kappa shape index (κ3) is 3.40. The number of aliphatic carboxylic acids is 1. The molecule has 1 aromatic carbocycles. The van der Waals surface area contributed by atoms with Gasteiger partial charge in [-0.3, -0.25) is 4.79 Å². The van der Waals surface area contributed by atoms with E-state index in [9.17, 15) is 13.6 Å². The number of carbonyl (C=O) groups is 1. The second kappa shape index (κ2) is 5.00. The summed E-state index contributed by atoms with van der Waals surface area (Å²) in [5, 5.41) is 9.29. The zero-order valence-electron chi connectivity index (χ0n) is 9.51. The SMILES string of the molecule is CC(C)(Cc1cc(C(F)F)ccc1Cl)C(=O)O. The van der Waals surface area contributed by atoms with E-state index in [-0.39, 0.29) is 12.0 Å². The van der Waals surface area contributed by atoms with Crippen molar-refractivity contribution in [1.29, 1.82) is 0 Å². The average molecular weight is 263 g/mol. The standard InChI is InChI=1S/C12H13ClF2O2/c1-12(2,11(16)17)6-8-5-7(10(14)15)3-4-9(8)13/h3-5,10H,6H2,1-2H3,(H,16,17). The molecule has 1 aromatic rings. The molecule has 0 fully saturated rings. The van der Waals surface area contributed by atoms with Crippen LogP contribution in [0.4, 0.5) is 8.78 Å². The topological polar surface area (TPSA) is 37.3 Å². The quantitative estimate of drug-likeness (QED) is 0.893. The lowest BCUT2D eigenvalue weighted by molar-refractivity contribution is -0.146. The van der Waals surface area contributed by atoms with Crippen molar-refractivity contribution in [2.24, 2.45) is 5.41 Å². The van der Waals surface area contributed by atoms with E-state index >= 15 is 0 Å². The summed E-state index contributed by atoms with van der Waals surface area (Å²) in [7, 11) is 0. The van der Waals surface area contributed by atoms with Gasteiger partial charge in [0, 0.05) is 10.6 Å². The molecule has 0 bridgehead atoms. The van der Waals surface area contributed by atoms with Gasteiger partial charge >= 0.3 is 5.97 Å². The van der Waals surface area contributed by atoms with E-state index in [4.69, 9.17) is 16.7 Å². The number of carboxylic acid groups (broad SMARTS) is 1. The van der Waals surface area contributed by atoms with Crippen LogP contribution in [-0.4, -0.2) is 11.1 Å². The summed E-state index contributed by atoms with van der Waals surface area (Å²) >= 11 is 5.87. The molecule has 0 aliphatic rings. The first-order valence-electron chi connectivity index (χ1n) is 5.04. The molecule has 0 amide bonds. The van der Waals surface area contributed by atoms with Crippen molar-refractivity contribution in [3.05, 3.63) is 34.3 Å². The molecule has 0 saturated carbocycles. The number of benzene rings is 1. The summed E-state index contributed by atoms with van der Waals surface area (Å²) in [5.74, 6) is -0.990. The van der Waals surface area contributed by atoms with Crippen molar-refractivity contribution in [2.75, 3.05) is 0 Å². The van der Waals surface area contributed by atoms with Gasteiger partial charge in [-0.25, -0.2) is 8.78 Å². The first-order valence-corrected chi connectivity index (χ1v) is 5.41. The van der Waals surface area contributed by atoms with E-state index in [0.29, 0.717) is 10.6 Å². The smallest absolute Gasteiger partial charge is 0.309 e. The van der Waals surface area contributed by atoms with Crippen LogP contribution >= 0.6 is 11.6 Å². The maximum atomic E-state index is 12.5.